The van der Waals surface area contributed by atoms with Crippen LogP contribution in [0, 0.1) is 0 Å². The Balaban J connectivity index is 2.22. The predicted molar refractivity (Wildman–Crippen MR) is 45.2 cm³/mol. The van der Waals surface area contributed by atoms with Crippen molar-refractivity contribution >= 4 is 5.78 Å². The molecule has 3 nitrogen and oxygen atoms in total. The summed E-state index contributed by atoms with van der Waals surface area (Å²) in [6.07, 6.45) is 1.46. The van der Waals surface area contributed by atoms with E-state index < -0.39 is 0 Å². The highest BCUT2D eigenvalue weighted by molar-refractivity contribution is 6.01. The Hall–Kier alpha value is -1.51. The number of aryl methyl sites for hydroxylation is 1. The highest BCUT2D eigenvalue weighted by Crippen LogP contribution is 2.37. The molecule has 13 heavy (non-hydrogen) atoms. The van der Waals surface area contributed by atoms with Crippen LogP contribution in [0.5, 0.6) is 11.5 Å². The minimum Gasteiger partial charge on any atom is -0.454 e. The fourth-order valence-electron chi connectivity index (χ4n) is 1.83. The van der Waals surface area contributed by atoms with E-state index in [-0.39, 0.29) is 12.6 Å². The van der Waals surface area contributed by atoms with E-state index in [1.54, 1.807) is 6.07 Å². The molecule has 0 atom stereocenters. The first-order valence-corrected chi connectivity index (χ1v) is 4.30. The number of hydrogen-bond acceptors (Lipinski definition) is 3. The summed E-state index contributed by atoms with van der Waals surface area (Å²) in [5.41, 5.74) is 1.90. The monoisotopic (exact) mass is 176 g/mol. The topological polar surface area (TPSA) is 35.5 Å². The van der Waals surface area contributed by atoms with Gasteiger partial charge in [0.1, 0.15) is 0 Å². The summed E-state index contributed by atoms with van der Waals surface area (Å²) in [5, 5.41) is 0. The summed E-state index contributed by atoms with van der Waals surface area (Å²) >= 11 is 0. The van der Waals surface area contributed by atoms with Crippen molar-refractivity contribution < 1.29 is 14.3 Å². The minimum absolute atomic E-state index is 0.216. The lowest BCUT2D eigenvalue weighted by Gasteiger charge is -1.99. The number of fused-ring (bicyclic) bond motifs is 2. The maximum atomic E-state index is 11.4. The van der Waals surface area contributed by atoms with Gasteiger partial charge < -0.3 is 9.47 Å². The van der Waals surface area contributed by atoms with Crippen molar-refractivity contribution in [2.75, 3.05) is 6.79 Å². The van der Waals surface area contributed by atoms with E-state index in [9.17, 15) is 4.79 Å². The molecule has 3 heteroatoms. The standard InChI is InChI=1S/C10H8O3/c11-8-2-1-6-3-9-10(4-7(6)8)13-5-12-9/h3-4H,1-2,5H2. The number of hydrogen-bond donors (Lipinski definition) is 0. The Kier molecular flexibility index (Phi) is 1.20. The van der Waals surface area contributed by atoms with Crippen LogP contribution in [0.1, 0.15) is 22.3 Å². The Morgan fingerprint density at radius 2 is 1.85 bits per heavy atom. The molecule has 0 saturated heterocycles. The first kappa shape index (κ1) is 6.95. The third-order valence-electron chi connectivity index (χ3n) is 2.52. The second-order valence-corrected chi connectivity index (χ2v) is 3.29. The maximum absolute atomic E-state index is 11.4. The van der Waals surface area contributed by atoms with Gasteiger partial charge >= 0.3 is 0 Å². The van der Waals surface area contributed by atoms with Crippen molar-refractivity contribution in [1.82, 2.24) is 0 Å². The first-order valence-electron chi connectivity index (χ1n) is 4.30. The Labute approximate surface area is 75.3 Å². The fraction of sp³-hybridized carbons (Fsp3) is 0.300. The van der Waals surface area contributed by atoms with Crippen LogP contribution in [0.25, 0.3) is 0 Å². The van der Waals surface area contributed by atoms with Crippen molar-refractivity contribution in [2.45, 2.75) is 12.8 Å². The first-order chi connectivity index (χ1) is 6.34. The number of benzene rings is 1. The van der Waals surface area contributed by atoms with E-state index >= 15 is 0 Å². The Morgan fingerprint density at radius 1 is 1.08 bits per heavy atom. The van der Waals surface area contributed by atoms with Crippen molar-refractivity contribution in [1.29, 1.82) is 0 Å². The van der Waals surface area contributed by atoms with Crippen LogP contribution in [0.3, 0.4) is 0 Å². The van der Waals surface area contributed by atoms with Gasteiger partial charge in [-0.25, -0.2) is 0 Å². The van der Waals surface area contributed by atoms with Crippen LogP contribution in [-0.2, 0) is 6.42 Å². The molecule has 0 radical (unpaired) electrons. The molecule has 0 N–H and O–H groups in total. The third-order valence-corrected chi connectivity index (χ3v) is 2.52. The van der Waals surface area contributed by atoms with E-state index in [1.807, 2.05) is 6.07 Å². The lowest BCUT2D eigenvalue weighted by atomic mass is 10.1. The Morgan fingerprint density at radius 3 is 2.69 bits per heavy atom. The summed E-state index contributed by atoms with van der Waals surface area (Å²) in [7, 11) is 0. The zero-order valence-electron chi connectivity index (χ0n) is 7.00. The Bertz CT molecular complexity index is 395. The van der Waals surface area contributed by atoms with Crippen molar-refractivity contribution in [3.63, 3.8) is 0 Å². The number of ketones is 1. The van der Waals surface area contributed by atoms with Crippen molar-refractivity contribution in [3.05, 3.63) is 23.3 Å². The molecule has 0 bridgehead atoms. The molecule has 0 saturated carbocycles. The highest BCUT2D eigenvalue weighted by Gasteiger charge is 2.24. The lowest BCUT2D eigenvalue weighted by molar-refractivity contribution is 0.0994. The van der Waals surface area contributed by atoms with Gasteiger partial charge in [0.25, 0.3) is 0 Å². The largest absolute Gasteiger partial charge is 0.454 e. The fourth-order valence-corrected chi connectivity index (χ4v) is 1.83. The molecule has 0 spiro atoms. The molecule has 1 aliphatic heterocycles. The molecule has 3 rings (SSSR count). The molecule has 1 aliphatic carbocycles. The van der Waals surface area contributed by atoms with Gasteiger partial charge in [0.15, 0.2) is 17.3 Å². The molecule has 1 aromatic carbocycles. The summed E-state index contributed by atoms with van der Waals surface area (Å²) in [5.74, 6) is 1.69. The van der Waals surface area contributed by atoms with Gasteiger partial charge in [0.05, 0.1) is 0 Å². The van der Waals surface area contributed by atoms with E-state index in [0.29, 0.717) is 12.2 Å². The van der Waals surface area contributed by atoms with Crippen LogP contribution in [0.4, 0.5) is 0 Å². The van der Waals surface area contributed by atoms with E-state index in [1.165, 1.54) is 0 Å². The second-order valence-electron chi connectivity index (χ2n) is 3.29. The molecular formula is C10H8O3. The van der Waals surface area contributed by atoms with Gasteiger partial charge in [-0.2, -0.15) is 0 Å². The summed E-state index contributed by atoms with van der Waals surface area (Å²) in [6, 6.07) is 3.72. The minimum atomic E-state index is 0.216. The lowest BCUT2D eigenvalue weighted by Crippen LogP contribution is -1.93. The van der Waals surface area contributed by atoms with Gasteiger partial charge in [-0.15, -0.1) is 0 Å². The van der Waals surface area contributed by atoms with Crippen molar-refractivity contribution in [2.24, 2.45) is 0 Å². The van der Waals surface area contributed by atoms with Crippen molar-refractivity contribution in [3.8, 4) is 11.5 Å². The molecule has 66 valence electrons. The molecule has 0 fully saturated rings. The summed E-state index contributed by atoms with van der Waals surface area (Å²) in [6.45, 7) is 0.270. The number of carbonyl (C=O) groups excluding carboxylic acids is 1. The SMILES string of the molecule is O=C1CCc2cc3c(cc21)OCO3. The van der Waals surface area contributed by atoms with Crippen LogP contribution in [0.15, 0.2) is 12.1 Å². The van der Waals surface area contributed by atoms with Crippen LogP contribution in [0.2, 0.25) is 0 Å². The zero-order chi connectivity index (χ0) is 8.84. The third kappa shape index (κ3) is 0.869. The average molecular weight is 176 g/mol. The summed E-state index contributed by atoms with van der Waals surface area (Å²) in [4.78, 5) is 11.4. The number of ether oxygens (including phenoxy) is 2. The molecular weight excluding hydrogens is 168 g/mol. The molecule has 0 unspecified atom stereocenters. The van der Waals surface area contributed by atoms with Crippen LogP contribution >= 0.6 is 0 Å². The second kappa shape index (κ2) is 2.25. The maximum Gasteiger partial charge on any atom is 0.231 e. The van der Waals surface area contributed by atoms with Gasteiger partial charge in [-0.05, 0) is 24.1 Å². The van der Waals surface area contributed by atoms with E-state index in [2.05, 4.69) is 0 Å². The van der Waals surface area contributed by atoms with Gasteiger partial charge in [0, 0.05) is 12.0 Å². The van der Waals surface area contributed by atoms with Crippen LogP contribution < -0.4 is 9.47 Å². The highest BCUT2D eigenvalue weighted by atomic mass is 16.7. The van der Waals surface area contributed by atoms with E-state index in [4.69, 9.17) is 9.47 Å². The zero-order valence-corrected chi connectivity index (χ0v) is 7.00. The number of rotatable bonds is 0. The predicted octanol–water partition coefficient (Wildman–Crippen LogP) is 1.54. The average Bonchev–Trinajstić information content (AvgIpc) is 2.70. The molecule has 1 heterocycles. The van der Waals surface area contributed by atoms with Gasteiger partial charge in [0.2, 0.25) is 6.79 Å². The quantitative estimate of drug-likeness (QED) is 0.601. The van der Waals surface area contributed by atoms with Gasteiger partial charge in [-0.3, -0.25) is 4.79 Å². The number of Topliss-reactive ketones (excluding diaryl/α,β-unsaturated/α-hetero) is 1. The van der Waals surface area contributed by atoms with Crippen LogP contribution in [-0.4, -0.2) is 12.6 Å². The molecule has 2 aliphatic rings. The van der Waals surface area contributed by atoms with Gasteiger partial charge in [-0.1, -0.05) is 0 Å². The molecule has 0 aromatic heterocycles. The normalized spacial score (nSPS) is 17.7. The molecule has 1 aromatic rings. The summed E-state index contributed by atoms with van der Waals surface area (Å²) < 4.78 is 10.4. The smallest absolute Gasteiger partial charge is 0.231 e. The number of carbonyl (C=O) groups is 1. The molecule has 0 amide bonds. The van der Waals surface area contributed by atoms with E-state index in [0.717, 1.165) is 23.3 Å².